The van der Waals surface area contributed by atoms with Gasteiger partial charge < -0.3 is 20.1 Å². The molecule has 156 valence electrons. The van der Waals surface area contributed by atoms with Crippen molar-refractivity contribution in [3.05, 3.63) is 40.8 Å². The van der Waals surface area contributed by atoms with Gasteiger partial charge in [0, 0.05) is 9.81 Å². The number of Topliss-reactive ketones (excluding diaryl/α,β-unsaturated/α-hetero) is 3. The number of hydrogen-bond donors (Lipinski definition) is 3. The van der Waals surface area contributed by atoms with Gasteiger partial charge in [0.05, 0.1) is 0 Å². The second-order valence-electron chi connectivity index (χ2n) is 6.71. The molecule has 1 aromatic carbocycles. The number of aliphatic hydroxyl groups is 3. The molecule has 0 radical (unpaired) electrons. The fraction of sp³-hybridized carbons (Fsp3) is 0.500. The van der Waals surface area contributed by atoms with E-state index in [9.17, 15) is 29.7 Å². The largest absolute Gasteiger partial charge is 0.382 e. The molecule has 6 atom stereocenters. The Morgan fingerprint density at radius 2 is 1.69 bits per heavy atom. The van der Waals surface area contributed by atoms with Gasteiger partial charge in [-0.2, -0.15) is 0 Å². The molecule has 1 heterocycles. The number of thioether (sulfide) groups is 1. The second kappa shape index (κ2) is 8.62. The predicted molar refractivity (Wildman–Crippen MR) is 102 cm³/mol. The number of hydrogen-bond acceptors (Lipinski definition) is 9. The molecule has 0 amide bonds. The van der Waals surface area contributed by atoms with Crippen molar-refractivity contribution in [2.45, 2.75) is 60.6 Å². The molecule has 0 bridgehead atoms. The van der Waals surface area contributed by atoms with Gasteiger partial charge in [0.25, 0.3) is 0 Å². The van der Waals surface area contributed by atoms with Crippen molar-refractivity contribution < 1.29 is 34.4 Å². The third kappa shape index (κ3) is 3.80. The molecule has 1 fully saturated rings. The summed E-state index contributed by atoms with van der Waals surface area (Å²) < 4.78 is 5.65. The van der Waals surface area contributed by atoms with Gasteiger partial charge in [-0.05, 0) is 38.4 Å². The Labute approximate surface area is 170 Å². The van der Waals surface area contributed by atoms with Gasteiger partial charge >= 0.3 is 0 Å². The molecule has 1 aliphatic heterocycles. The van der Waals surface area contributed by atoms with Crippen LogP contribution >= 0.6 is 11.8 Å². The first-order valence-electron chi connectivity index (χ1n) is 8.58. The van der Waals surface area contributed by atoms with Crippen LogP contribution in [-0.2, 0) is 19.1 Å². The van der Waals surface area contributed by atoms with Gasteiger partial charge in [0.1, 0.15) is 23.7 Å². The fourth-order valence-corrected chi connectivity index (χ4v) is 4.48. The Morgan fingerprint density at radius 3 is 2.14 bits per heavy atom. The highest BCUT2D eigenvalue weighted by Crippen LogP contribution is 2.46. The lowest BCUT2D eigenvalue weighted by molar-refractivity contribution is -0.262. The normalized spacial score (nSPS) is 32.7. The maximum atomic E-state index is 12.5. The molecular weight excluding hydrogens is 402 g/mol. The summed E-state index contributed by atoms with van der Waals surface area (Å²) in [6.45, 7) is 2.77. The highest BCUT2D eigenvalue weighted by molar-refractivity contribution is 7.99. The van der Waals surface area contributed by atoms with E-state index in [1.807, 2.05) is 0 Å². The number of ketones is 3. The molecule has 11 heteroatoms. The molecule has 2 rings (SSSR count). The number of rotatable bonds is 7. The van der Waals surface area contributed by atoms with Crippen molar-refractivity contribution in [1.82, 2.24) is 0 Å². The molecule has 0 spiro atoms. The third-order valence-corrected chi connectivity index (χ3v) is 6.05. The van der Waals surface area contributed by atoms with E-state index in [0.717, 1.165) is 32.5 Å². The summed E-state index contributed by atoms with van der Waals surface area (Å²) in [5, 5.41) is 36.2. The Hall–Kier alpha value is -2.27. The van der Waals surface area contributed by atoms with E-state index < -0.39 is 52.2 Å². The zero-order valence-electron chi connectivity index (χ0n) is 15.9. The summed E-state index contributed by atoms with van der Waals surface area (Å²) in [5.74, 6) is -3.08. The maximum Gasteiger partial charge on any atom is 0.188 e. The number of benzene rings is 1. The summed E-state index contributed by atoms with van der Waals surface area (Å²) in [4.78, 5) is 39.9. The van der Waals surface area contributed by atoms with Crippen LogP contribution in [0.25, 0.3) is 10.4 Å². The number of carbonyl (C=O) groups excluding carboxylic acids is 3. The van der Waals surface area contributed by atoms with Gasteiger partial charge in [0.2, 0.25) is 0 Å². The molecule has 1 saturated heterocycles. The Bertz CT molecular complexity index is 860. The minimum Gasteiger partial charge on any atom is -0.382 e. The van der Waals surface area contributed by atoms with Crippen LogP contribution in [0.15, 0.2) is 40.3 Å². The van der Waals surface area contributed by atoms with Crippen molar-refractivity contribution in [3.8, 4) is 0 Å². The van der Waals surface area contributed by atoms with Crippen molar-refractivity contribution in [2.24, 2.45) is 5.11 Å². The number of azide groups is 1. The van der Waals surface area contributed by atoms with Crippen LogP contribution in [0.2, 0.25) is 0 Å². The van der Waals surface area contributed by atoms with Gasteiger partial charge in [-0.15, -0.1) is 0 Å². The van der Waals surface area contributed by atoms with E-state index in [-0.39, 0.29) is 0 Å². The Balaban J connectivity index is 2.71. The van der Waals surface area contributed by atoms with Crippen molar-refractivity contribution in [3.63, 3.8) is 0 Å². The number of ether oxygens (including phenoxy) is 1. The van der Waals surface area contributed by atoms with E-state index >= 15 is 0 Å². The quantitative estimate of drug-likeness (QED) is 0.328. The molecule has 29 heavy (non-hydrogen) atoms. The first-order valence-corrected chi connectivity index (χ1v) is 9.46. The topological polar surface area (TPSA) is 170 Å². The smallest absolute Gasteiger partial charge is 0.188 e. The molecule has 0 aliphatic carbocycles. The van der Waals surface area contributed by atoms with E-state index in [0.29, 0.717) is 4.90 Å². The van der Waals surface area contributed by atoms with Crippen molar-refractivity contribution in [2.75, 3.05) is 0 Å². The van der Waals surface area contributed by atoms with Crippen molar-refractivity contribution in [1.29, 1.82) is 0 Å². The fourth-order valence-electron chi connectivity index (χ4n) is 3.34. The first-order chi connectivity index (χ1) is 13.5. The zero-order chi connectivity index (χ0) is 22.0. The van der Waals surface area contributed by atoms with Crippen molar-refractivity contribution >= 4 is 29.1 Å². The van der Waals surface area contributed by atoms with Crippen LogP contribution < -0.4 is 0 Å². The summed E-state index contributed by atoms with van der Waals surface area (Å²) >= 11 is 0.933. The summed E-state index contributed by atoms with van der Waals surface area (Å²) in [6.07, 6.45) is -4.00. The Kier molecular flexibility index (Phi) is 6.84. The van der Waals surface area contributed by atoms with E-state index in [1.54, 1.807) is 30.3 Å². The standard InChI is InChI=1S/C18H21N3O7S/c1-9(22)13(25)15-18(27,11(3)24)17(26,10(2)23)14(20-21-19)16(28-15)29-12-7-5-4-6-8-12/h4-8,13-16,25-27H,1-3H3/t13?,14-,15-,16+,17-,18-/m1/s1. The van der Waals surface area contributed by atoms with Crippen LogP contribution in [0.4, 0.5) is 0 Å². The lowest BCUT2D eigenvalue weighted by Gasteiger charge is -2.54. The van der Waals surface area contributed by atoms with Gasteiger partial charge in [-0.3, -0.25) is 14.4 Å². The average molecular weight is 423 g/mol. The molecule has 1 aliphatic rings. The molecule has 3 N–H and O–H groups in total. The van der Waals surface area contributed by atoms with Crippen LogP contribution in [-0.4, -0.2) is 67.6 Å². The summed E-state index contributed by atoms with van der Waals surface area (Å²) in [7, 11) is 0. The predicted octanol–water partition coefficient (Wildman–Crippen LogP) is 0.773. The molecule has 10 nitrogen and oxygen atoms in total. The van der Waals surface area contributed by atoms with Crippen LogP contribution in [0, 0.1) is 0 Å². The molecule has 0 aromatic heterocycles. The highest BCUT2D eigenvalue weighted by atomic mass is 32.2. The monoisotopic (exact) mass is 423 g/mol. The van der Waals surface area contributed by atoms with Gasteiger partial charge in [-0.25, -0.2) is 0 Å². The molecule has 1 aromatic rings. The lowest BCUT2D eigenvalue weighted by Crippen LogP contribution is -2.80. The minimum atomic E-state index is -3.03. The number of aliphatic hydroxyl groups excluding tert-OH is 1. The Morgan fingerprint density at radius 1 is 1.14 bits per heavy atom. The summed E-state index contributed by atoms with van der Waals surface area (Å²) in [5.41, 5.74) is 1.71. The SMILES string of the molecule is CC(=O)C(O)[C@H]1O[C@@H](Sc2ccccc2)[C@@H](N=[N+]=[N-])[C@](O)(C(C)=O)[C@@]1(O)C(C)=O. The van der Waals surface area contributed by atoms with Crippen LogP contribution in [0.3, 0.4) is 0 Å². The second-order valence-corrected chi connectivity index (χ2v) is 7.88. The lowest BCUT2D eigenvalue weighted by atomic mass is 9.66. The van der Waals surface area contributed by atoms with Gasteiger partial charge in [0.15, 0.2) is 28.6 Å². The zero-order valence-corrected chi connectivity index (χ0v) is 16.7. The maximum absolute atomic E-state index is 12.5. The number of carbonyl (C=O) groups is 3. The van der Waals surface area contributed by atoms with Crippen LogP contribution in [0.1, 0.15) is 20.8 Å². The van der Waals surface area contributed by atoms with Gasteiger partial charge in [-0.1, -0.05) is 35.1 Å². The average Bonchev–Trinajstić information content (AvgIpc) is 2.67. The molecular formula is C18H21N3O7S. The molecule has 0 saturated carbocycles. The summed E-state index contributed by atoms with van der Waals surface area (Å²) in [6, 6.07) is 6.78. The van der Waals surface area contributed by atoms with E-state index in [1.165, 1.54) is 0 Å². The van der Waals surface area contributed by atoms with E-state index in [2.05, 4.69) is 10.0 Å². The number of nitrogens with zero attached hydrogens (tertiary/aromatic N) is 3. The van der Waals surface area contributed by atoms with Crippen LogP contribution in [0.5, 0.6) is 0 Å². The minimum absolute atomic E-state index is 0.589. The van der Waals surface area contributed by atoms with E-state index in [4.69, 9.17) is 10.3 Å². The first kappa shape index (κ1) is 23.0. The highest BCUT2D eigenvalue weighted by Gasteiger charge is 2.71. The molecule has 1 unspecified atom stereocenters. The third-order valence-electron chi connectivity index (χ3n) is 4.91.